The Morgan fingerprint density at radius 3 is 2.09 bits per heavy atom. The second-order valence-electron chi connectivity index (χ2n) is 17.2. The van der Waals surface area contributed by atoms with Crippen LogP contribution in [0.1, 0.15) is 84.8 Å². The van der Waals surface area contributed by atoms with Gasteiger partial charge in [-0.05, 0) is 123 Å². The lowest BCUT2D eigenvalue weighted by molar-refractivity contribution is -0.153. The van der Waals surface area contributed by atoms with Crippen LogP contribution in [0.5, 0.6) is 11.5 Å². The molecule has 308 valence electrons. The van der Waals surface area contributed by atoms with Gasteiger partial charge in [0.2, 0.25) is 5.95 Å². The van der Waals surface area contributed by atoms with Gasteiger partial charge >= 0.3 is 6.18 Å². The molecular formula is C45H60F3N7O2. The summed E-state index contributed by atoms with van der Waals surface area (Å²) in [6.07, 6.45) is 1.47. The van der Waals surface area contributed by atoms with Crippen molar-refractivity contribution in [2.45, 2.75) is 91.3 Å². The van der Waals surface area contributed by atoms with Crippen LogP contribution >= 0.6 is 0 Å². The largest absolute Gasteiger partial charge is 0.491 e. The van der Waals surface area contributed by atoms with Gasteiger partial charge in [0.05, 0.1) is 17.5 Å². The van der Waals surface area contributed by atoms with Crippen molar-refractivity contribution in [3.05, 3.63) is 78.0 Å². The van der Waals surface area contributed by atoms with E-state index in [1.165, 1.54) is 24.8 Å². The molecule has 0 bridgehead atoms. The highest BCUT2D eigenvalue weighted by Gasteiger charge is 2.39. The van der Waals surface area contributed by atoms with E-state index in [0.29, 0.717) is 5.41 Å². The molecule has 0 amide bonds. The summed E-state index contributed by atoms with van der Waals surface area (Å²) in [5.41, 5.74) is 6.16. The summed E-state index contributed by atoms with van der Waals surface area (Å²) in [7, 11) is 0. The van der Waals surface area contributed by atoms with Crippen LogP contribution in [0.15, 0.2) is 66.9 Å². The SMILES string of the molecule is CC(C)Oc1ccc(-c2ccnc(N3CCC4(CCNCC4)C3)n2)cc1C(C)(C)C.CC(C)c1cc(-c2cccc(N3CCNCC3)n2)ccc1OCC(F)(F)F. The van der Waals surface area contributed by atoms with E-state index in [4.69, 9.17) is 19.4 Å². The quantitative estimate of drug-likeness (QED) is 0.173. The van der Waals surface area contributed by atoms with Crippen molar-refractivity contribution in [2.75, 3.05) is 68.8 Å². The molecule has 3 fully saturated rings. The first-order chi connectivity index (χ1) is 27.1. The first-order valence-corrected chi connectivity index (χ1v) is 20.5. The molecule has 0 radical (unpaired) electrons. The second kappa shape index (κ2) is 18.0. The van der Waals surface area contributed by atoms with E-state index in [2.05, 4.69) is 78.2 Å². The molecule has 3 saturated heterocycles. The van der Waals surface area contributed by atoms with Crippen molar-refractivity contribution in [2.24, 2.45) is 5.41 Å². The number of pyridine rings is 1. The number of alkyl halides is 3. The smallest absolute Gasteiger partial charge is 0.422 e. The molecule has 3 aliphatic heterocycles. The number of ether oxygens (including phenoxy) is 2. The van der Waals surface area contributed by atoms with Crippen LogP contribution in [0.2, 0.25) is 0 Å². The van der Waals surface area contributed by atoms with Crippen LogP contribution in [0.25, 0.3) is 22.5 Å². The molecule has 2 N–H and O–H groups in total. The molecule has 5 heterocycles. The maximum absolute atomic E-state index is 12.5. The minimum Gasteiger partial charge on any atom is -0.491 e. The number of rotatable bonds is 9. The van der Waals surface area contributed by atoms with Crippen LogP contribution in [0.3, 0.4) is 0 Å². The number of benzene rings is 2. The minimum absolute atomic E-state index is 0.00749. The molecule has 57 heavy (non-hydrogen) atoms. The van der Waals surface area contributed by atoms with Gasteiger partial charge in [-0.25, -0.2) is 15.0 Å². The standard InChI is InChI=1S/C25H36N4O.C20H24F3N3O/c1-18(2)30-22-7-6-19(16-20(22)24(3,4)5)21-8-12-27-23(28-21)29-15-11-25(17-29)9-13-26-14-10-25;1-14(2)16-12-15(6-7-18(16)27-13-20(21,22)23)17-4-3-5-19(25-17)26-10-8-24-9-11-26/h6-8,12,16,18,26H,9-11,13-15,17H2,1-5H3;3-7,12,14,24H,8-11,13H2,1-2H3. The van der Waals surface area contributed by atoms with Crippen LogP contribution in [0.4, 0.5) is 24.9 Å². The highest BCUT2D eigenvalue weighted by atomic mass is 19.4. The normalized spacial score (nSPS) is 17.2. The van der Waals surface area contributed by atoms with E-state index in [9.17, 15) is 13.2 Å². The van der Waals surface area contributed by atoms with Crippen LogP contribution < -0.4 is 29.9 Å². The Balaban J connectivity index is 0.000000194. The predicted molar refractivity (Wildman–Crippen MR) is 224 cm³/mol. The topological polar surface area (TPSA) is 87.7 Å². The lowest BCUT2D eigenvalue weighted by Gasteiger charge is -2.33. The molecule has 0 atom stereocenters. The third-order valence-corrected chi connectivity index (χ3v) is 11.0. The van der Waals surface area contributed by atoms with Gasteiger partial charge in [-0.15, -0.1) is 0 Å². The highest BCUT2D eigenvalue weighted by molar-refractivity contribution is 5.65. The van der Waals surface area contributed by atoms with Crippen molar-refractivity contribution in [1.29, 1.82) is 0 Å². The van der Waals surface area contributed by atoms with Crippen molar-refractivity contribution >= 4 is 11.8 Å². The summed E-state index contributed by atoms with van der Waals surface area (Å²) in [6.45, 7) is 21.5. The average molecular weight is 788 g/mol. The lowest BCUT2D eigenvalue weighted by Crippen LogP contribution is -2.43. The van der Waals surface area contributed by atoms with Crippen molar-refractivity contribution in [1.82, 2.24) is 25.6 Å². The minimum atomic E-state index is -4.36. The number of nitrogens with one attached hydrogen (secondary N) is 2. The fourth-order valence-corrected chi connectivity index (χ4v) is 7.87. The lowest BCUT2D eigenvalue weighted by atomic mass is 9.78. The first-order valence-electron chi connectivity index (χ1n) is 20.5. The average Bonchev–Trinajstić information content (AvgIpc) is 3.60. The number of hydrogen-bond donors (Lipinski definition) is 2. The van der Waals surface area contributed by atoms with Gasteiger partial charge in [0.15, 0.2) is 6.61 Å². The Bertz CT molecular complexity index is 1930. The zero-order valence-corrected chi connectivity index (χ0v) is 34.7. The predicted octanol–water partition coefficient (Wildman–Crippen LogP) is 9.03. The fourth-order valence-electron chi connectivity index (χ4n) is 7.87. The summed E-state index contributed by atoms with van der Waals surface area (Å²) in [6, 6.07) is 19.6. The van der Waals surface area contributed by atoms with Gasteiger partial charge in [0.25, 0.3) is 0 Å². The molecule has 4 aromatic rings. The van der Waals surface area contributed by atoms with Gasteiger partial charge in [0, 0.05) is 62.2 Å². The zero-order chi connectivity index (χ0) is 40.8. The molecule has 2 aromatic carbocycles. The Morgan fingerprint density at radius 1 is 0.754 bits per heavy atom. The van der Waals surface area contributed by atoms with Crippen molar-refractivity contribution in [3.8, 4) is 34.0 Å². The van der Waals surface area contributed by atoms with Crippen LogP contribution in [0, 0.1) is 5.41 Å². The third kappa shape index (κ3) is 11.2. The van der Waals surface area contributed by atoms with E-state index in [0.717, 1.165) is 98.0 Å². The Labute approximate surface area is 336 Å². The van der Waals surface area contributed by atoms with Gasteiger partial charge < -0.3 is 29.9 Å². The van der Waals surface area contributed by atoms with E-state index >= 15 is 0 Å². The molecule has 1 spiro atoms. The number of piperazine rings is 1. The number of hydrogen-bond acceptors (Lipinski definition) is 9. The van der Waals surface area contributed by atoms with E-state index in [1.807, 2.05) is 50.4 Å². The van der Waals surface area contributed by atoms with E-state index in [1.54, 1.807) is 12.1 Å². The van der Waals surface area contributed by atoms with Crippen molar-refractivity contribution in [3.63, 3.8) is 0 Å². The third-order valence-electron chi connectivity index (χ3n) is 11.0. The molecule has 9 nitrogen and oxygen atoms in total. The zero-order valence-electron chi connectivity index (χ0n) is 34.7. The number of anilines is 2. The summed E-state index contributed by atoms with van der Waals surface area (Å²) in [5, 5.41) is 6.81. The van der Waals surface area contributed by atoms with Crippen LogP contribution in [-0.4, -0.2) is 86.2 Å². The number of piperidine rings is 1. The number of nitrogens with zero attached hydrogens (tertiary/aromatic N) is 5. The number of aromatic nitrogens is 3. The Kier molecular flexibility index (Phi) is 13.3. The molecule has 2 aromatic heterocycles. The van der Waals surface area contributed by atoms with Gasteiger partial charge in [-0.1, -0.05) is 40.7 Å². The molecule has 0 aliphatic carbocycles. The molecule has 0 saturated carbocycles. The summed E-state index contributed by atoms with van der Waals surface area (Å²) >= 11 is 0. The van der Waals surface area contributed by atoms with Gasteiger partial charge in [-0.2, -0.15) is 13.2 Å². The maximum Gasteiger partial charge on any atom is 0.422 e. The molecule has 0 unspecified atom stereocenters. The Morgan fingerprint density at radius 2 is 1.42 bits per heavy atom. The highest BCUT2D eigenvalue weighted by Crippen LogP contribution is 2.40. The monoisotopic (exact) mass is 787 g/mol. The molecular weight excluding hydrogens is 728 g/mol. The summed E-state index contributed by atoms with van der Waals surface area (Å²) in [5.74, 6) is 3.04. The van der Waals surface area contributed by atoms with Crippen molar-refractivity contribution < 1.29 is 22.6 Å². The number of halogens is 3. The summed E-state index contributed by atoms with van der Waals surface area (Å²) < 4.78 is 48.6. The molecule has 3 aliphatic rings. The van der Waals surface area contributed by atoms with Gasteiger partial charge in [0.1, 0.15) is 17.3 Å². The van der Waals surface area contributed by atoms with Crippen LogP contribution in [-0.2, 0) is 5.41 Å². The van der Waals surface area contributed by atoms with Gasteiger partial charge in [-0.3, -0.25) is 0 Å². The fraction of sp³-hybridized carbons (Fsp3) is 0.533. The molecule has 12 heteroatoms. The van der Waals surface area contributed by atoms with E-state index in [-0.39, 0.29) is 23.2 Å². The first kappa shape index (κ1) is 42.2. The second-order valence-corrected chi connectivity index (χ2v) is 17.2. The summed E-state index contributed by atoms with van der Waals surface area (Å²) in [4.78, 5) is 19.0. The van der Waals surface area contributed by atoms with E-state index < -0.39 is 12.8 Å². The Hall–Kier alpha value is -4.42. The molecule has 7 rings (SSSR count). The maximum atomic E-state index is 12.5.